The molecular formula is C13H15BrO3. The first-order valence-electron chi connectivity index (χ1n) is 5.42. The van der Waals surface area contributed by atoms with Gasteiger partial charge in [-0.2, -0.15) is 0 Å². The van der Waals surface area contributed by atoms with Crippen LogP contribution in [0.4, 0.5) is 0 Å². The van der Waals surface area contributed by atoms with Crippen LogP contribution in [0.1, 0.15) is 35.3 Å². The van der Waals surface area contributed by atoms with Crippen LogP contribution in [-0.2, 0) is 21.3 Å². The molecule has 0 bridgehead atoms. The lowest BCUT2D eigenvalue weighted by atomic mass is 10.0. The second kappa shape index (κ2) is 6.55. The summed E-state index contributed by atoms with van der Waals surface area (Å²) in [6.07, 6.45) is 0.261. The third kappa shape index (κ3) is 3.97. The molecule has 0 saturated carbocycles. The van der Waals surface area contributed by atoms with Gasteiger partial charge in [0.25, 0.3) is 0 Å². The number of Topliss-reactive ketones (excluding diaryl/α,β-unsaturated/α-hetero) is 1. The predicted octanol–water partition coefficient (Wildman–Crippen LogP) is 2.89. The smallest absolute Gasteiger partial charge is 0.338 e. The molecule has 0 heterocycles. The summed E-state index contributed by atoms with van der Waals surface area (Å²) < 4.78 is 4.98. The van der Waals surface area contributed by atoms with Crippen LogP contribution in [0.15, 0.2) is 18.2 Å². The first-order chi connectivity index (χ1) is 8.08. The Hall–Kier alpha value is -1.16. The van der Waals surface area contributed by atoms with Gasteiger partial charge in [0.15, 0.2) is 0 Å². The van der Waals surface area contributed by atoms with Crippen LogP contribution in [0.2, 0.25) is 0 Å². The van der Waals surface area contributed by atoms with Gasteiger partial charge in [0, 0.05) is 11.8 Å². The Bertz CT molecular complexity index is 427. The SMILES string of the molecule is CCOC(=O)c1cc(CBr)ccc1CC(C)=O. The van der Waals surface area contributed by atoms with E-state index < -0.39 is 0 Å². The van der Waals surface area contributed by atoms with Crippen molar-refractivity contribution in [1.82, 2.24) is 0 Å². The van der Waals surface area contributed by atoms with Crippen molar-refractivity contribution in [3.8, 4) is 0 Å². The van der Waals surface area contributed by atoms with E-state index >= 15 is 0 Å². The lowest BCUT2D eigenvalue weighted by Gasteiger charge is -2.09. The zero-order valence-corrected chi connectivity index (χ0v) is 11.5. The molecule has 0 aliphatic rings. The molecule has 0 fully saturated rings. The summed E-state index contributed by atoms with van der Waals surface area (Å²) >= 11 is 3.34. The number of hydrogen-bond donors (Lipinski definition) is 0. The summed E-state index contributed by atoms with van der Waals surface area (Å²) in [5.41, 5.74) is 2.19. The standard InChI is InChI=1S/C13H15BrO3/c1-3-17-13(16)12-7-10(8-14)4-5-11(12)6-9(2)15/h4-5,7H,3,6,8H2,1-2H3. The fraction of sp³-hybridized carbons (Fsp3) is 0.385. The highest BCUT2D eigenvalue weighted by molar-refractivity contribution is 9.08. The minimum atomic E-state index is -0.369. The maximum Gasteiger partial charge on any atom is 0.338 e. The van der Waals surface area contributed by atoms with Gasteiger partial charge in [-0.15, -0.1) is 0 Å². The molecular weight excluding hydrogens is 284 g/mol. The highest BCUT2D eigenvalue weighted by Crippen LogP contribution is 2.16. The molecule has 0 radical (unpaired) electrons. The van der Waals surface area contributed by atoms with Gasteiger partial charge in [0.1, 0.15) is 5.78 Å². The van der Waals surface area contributed by atoms with Gasteiger partial charge in [-0.1, -0.05) is 28.1 Å². The summed E-state index contributed by atoms with van der Waals surface area (Å²) in [5, 5.41) is 0.666. The van der Waals surface area contributed by atoms with Crippen molar-refractivity contribution in [1.29, 1.82) is 0 Å². The van der Waals surface area contributed by atoms with Gasteiger partial charge < -0.3 is 4.74 Å². The van der Waals surface area contributed by atoms with Crippen LogP contribution in [0.5, 0.6) is 0 Å². The van der Waals surface area contributed by atoms with E-state index in [1.807, 2.05) is 12.1 Å². The fourth-order valence-electron chi connectivity index (χ4n) is 1.53. The minimum absolute atomic E-state index is 0.0298. The number of carbonyl (C=O) groups is 2. The second-order valence-corrected chi connectivity index (χ2v) is 4.29. The van der Waals surface area contributed by atoms with Crippen molar-refractivity contribution in [3.05, 3.63) is 34.9 Å². The molecule has 17 heavy (non-hydrogen) atoms. The van der Waals surface area contributed by atoms with E-state index in [2.05, 4.69) is 15.9 Å². The number of hydrogen-bond acceptors (Lipinski definition) is 3. The Morgan fingerprint density at radius 1 is 1.35 bits per heavy atom. The molecule has 0 aromatic heterocycles. The number of alkyl halides is 1. The van der Waals surface area contributed by atoms with Gasteiger partial charge in [0.2, 0.25) is 0 Å². The Labute approximate surface area is 109 Å². The number of benzene rings is 1. The Kier molecular flexibility index (Phi) is 5.35. The first-order valence-corrected chi connectivity index (χ1v) is 6.55. The van der Waals surface area contributed by atoms with Crippen molar-refractivity contribution in [2.24, 2.45) is 0 Å². The predicted molar refractivity (Wildman–Crippen MR) is 69.4 cm³/mol. The van der Waals surface area contributed by atoms with Gasteiger partial charge in [-0.25, -0.2) is 4.79 Å². The quantitative estimate of drug-likeness (QED) is 0.620. The molecule has 92 valence electrons. The van der Waals surface area contributed by atoms with Gasteiger partial charge in [-0.3, -0.25) is 4.79 Å². The molecule has 0 aliphatic carbocycles. The number of esters is 1. The summed E-state index contributed by atoms with van der Waals surface area (Å²) in [6.45, 7) is 3.60. The van der Waals surface area contributed by atoms with Crippen LogP contribution in [0.3, 0.4) is 0 Å². The number of ether oxygens (including phenoxy) is 1. The highest BCUT2D eigenvalue weighted by atomic mass is 79.9. The maximum atomic E-state index is 11.8. The average Bonchev–Trinajstić information content (AvgIpc) is 2.29. The van der Waals surface area contributed by atoms with Gasteiger partial charge in [0.05, 0.1) is 12.2 Å². The van der Waals surface area contributed by atoms with E-state index in [-0.39, 0.29) is 18.2 Å². The number of ketones is 1. The van der Waals surface area contributed by atoms with E-state index in [1.54, 1.807) is 13.0 Å². The van der Waals surface area contributed by atoms with Crippen LogP contribution in [-0.4, -0.2) is 18.4 Å². The second-order valence-electron chi connectivity index (χ2n) is 3.72. The lowest BCUT2D eigenvalue weighted by Crippen LogP contribution is -2.10. The van der Waals surface area contributed by atoms with Crippen LogP contribution < -0.4 is 0 Å². The molecule has 1 aromatic rings. The van der Waals surface area contributed by atoms with E-state index in [1.165, 1.54) is 6.92 Å². The molecule has 0 saturated heterocycles. The highest BCUT2D eigenvalue weighted by Gasteiger charge is 2.14. The Morgan fingerprint density at radius 2 is 2.06 bits per heavy atom. The zero-order chi connectivity index (χ0) is 12.8. The molecule has 0 spiro atoms. The van der Waals surface area contributed by atoms with E-state index in [0.717, 1.165) is 11.1 Å². The third-order valence-corrected chi connectivity index (χ3v) is 2.91. The third-order valence-electron chi connectivity index (χ3n) is 2.26. The summed E-state index contributed by atoms with van der Waals surface area (Å²) in [5.74, 6) is -0.339. The van der Waals surface area contributed by atoms with Crippen LogP contribution in [0, 0.1) is 0 Å². The molecule has 0 unspecified atom stereocenters. The zero-order valence-electron chi connectivity index (χ0n) is 9.96. The monoisotopic (exact) mass is 298 g/mol. The molecule has 3 nitrogen and oxygen atoms in total. The topological polar surface area (TPSA) is 43.4 Å². The van der Waals surface area contributed by atoms with Gasteiger partial charge >= 0.3 is 5.97 Å². The molecule has 1 aromatic carbocycles. The van der Waals surface area contributed by atoms with Crippen molar-refractivity contribution >= 4 is 27.7 Å². The Balaban J connectivity index is 3.10. The molecule has 0 N–H and O–H groups in total. The number of halogens is 1. The fourth-order valence-corrected chi connectivity index (χ4v) is 1.88. The summed E-state index contributed by atoms with van der Waals surface area (Å²) in [7, 11) is 0. The number of carbonyl (C=O) groups excluding carboxylic acids is 2. The van der Waals surface area contributed by atoms with E-state index in [9.17, 15) is 9.59 Å². The van der Waals surface area contributed by atoms with E-state index in [0.29, 0.717) is 17.5 Å². The van der Waals surface area contributed by atoms with Crippen molar-refractivity contribution < 1.29 is 14.3 Å². The molecule has 0 aliphatic heterocycles. The minimum Gasteiger partial charge on any atom is -0.462 e. The van der Waals surface area contributed by atoms with Crippen molar-refractivity contribution in [3.63, 3.8) is 0 Å². The average molecular weight is 299 g/mol. The summed E-state index contributed by atoms with van der Waals surface area (Å²) in [6, 6.07) is 5.48. The molecule has 0 amide bonds. The normalized spacial score (nSPS) is 10.1. The molecule has 1 rings (SSSR count). The summed E-state index contributed by atoms with van der Waals surface area (Å²) in [4.78, 5) is 22.9. The van der Waals surface area contributed by atoms with Crippen molar-refractivity contribution in [2.75, 3.05) is 6.61 Å². The Morgan fingerprint density at radius 3 is 2.59 bits per heavy atom. The van der Waals surface area contributed by atoms with Gasteiger partial charge in [-0.05, 0) is 31.0 Å². The van der Waals surface area contributed by atoms with Crippen LogP contribution in [0.25, 0.3) is 0 Å². The largest absolute Gasteiger partial charge is 0.462 e. The molecule has 4 heteroatoms. The molecule has 0 atom stereocenters. The number of rotatable bonds is 5. The maximum absolute atomic E-state index is 11.8. The van der Waals surface area contributed by atoms with Crippen LogP contribution >= 0.6 is 15.9 Å². The first kappa shape index (κ1) is 13.9. The van der Waals surface area contributed by atoms with Crippen molar-refractivity contribution in [2.45, 2.75) is 25.6 Å². The van der Waals surface area contributed by atoms with E-state index in [4.69, 9.17) is 4.74 Å². The lowest BCUT2D eigenvalue weighted by molar-refractivity contribution is -0.116.